The number of anilines is 1. The van der Waals surface area contributed by atoms with Gasteiger partial charge in [0.05, 0.1) is 28.2 Å². The maximum atomic E-state index is 12.5. The van der Waals surface area contributed by atoms with Crippen LogP contribution in [-0.4, -0.2) is 37.9 Å². The Balaban J connectivity index is 1.74. The average Bonchev–Trinajstić information content (AvgIpc) is 3.06. The summed E-state index contributed by atoms with van der Waals surface area (Å²) in [5.41, 5.74) is 7.39. The van der Waals surface area contributed by atoms with Gasteiger partial charge in [0.15, 0.2) is 0 Å². The van der Waals surface area contributed by atoms with Gasteiger partial charge in [0.1, 0.15) is 6.54 Å². The normalized spacial score (nSPS) is 11.7. The van der Waals surface area contributed by atoms with E-state index in [9.17, 15) is 13.2 Å². The van der Waals surface area contributed by atoms with Crippen LogP contribution in [0.4, 0.5) is 5.69 Å². The van der Waals surface area contributed by atoms with E-state index in [2.05, 4.69) is 10.5 Å². The van der Waals surface area contributed by atoms with Crippen molar-refractivity contribution in [3.63, 3.8) is 0 Å². The number of aromatic nitrogens is 1. The molecule has 0 unspecified atom stereocenters. The number of carbonyl (C=O) groups is 1. The van der Waals surface area contributed by atoms with Crippen LogP contribution in [0.15, 0.2) is 53.6 Å². The summed E-state index contributed by atoms with van der Waals surface area (Å²) in [4.78, 5) is 12.5. The minimum absolute atomic E-state index is 0.385. The first kappa shape index (κ1) is 25.8. The SMILES string of the molecule is CCc1ccc(N(CC(=O)N/N=C\c2cc(C)n(-c3ccc(Cl)c(Cl)c3)c2C)S(C)(=O)=O)cc1. The number of benzene rings is 2. The third-order valence-electron chi connectivity index (χ3n) is 5.34. The van der Waals surface area contributed by atoms with Crippen LogP contribution in [-0.2, 0) is 21.2 Å². The lowest BCUT2D eigenvalue weighted by molar-refractivity contribution is -0.119. The second kappa shape index (κ2) is 10.6. The van der Waals surface area contributed by atoms with E-state index in [4.69, 9.17) is 23.2 Å². The number of nitrogens with one attached hydrogen (secondary N) is 1. The Kier molecular flexibility index (Phi) is 8.07. The summed E-state index contributed by atoms with van der Waals surface area (Å²) in [5, 5.41) is 4.96. The number of carbonyl (C=O) groups excluding carboxylic acids is 1. The lowest BCUT2D eigenvalue weighted by atomic mass is 10.1. The highest BCUT2D eigenvalue weighted by Gasteiger charge is 2.20. The van der Waals surface area contributed by atoms with E-state index in [0.717, 1.165) is 45.2 Å². The zero-order chi connectivity index (χ0) is 25.0. The number of hydrogen-bond donors (Lipinski definition) is 1. The van der Waals surface area contributed by atoms with E-state index in [1.165, 1.54) is 6.21 Å². The Bertz CT molecular complexity index is 1330. The quantitative estimate of drug-likeness (QED) is 0.339. The third-order valence-corrected chi connectivity index (χ3v) is 7.22. The maximum Gasteiger partial charge on any atom is 0.260 e. The van der Waals surface area contributed by atoms with Crippen molar-refractivity contribution >= 4 is 51.0 Å². The Morgan fingerprint density at radius 3 is 2.35 bits per heavy atom. The van der Waals surface area contributed by atoms with E-state index in [-0.39, 0.29) is 6.54 Å². The second-order valence-electron chi connectivity index (χ2n) is 7.84. The molecule has 0 saturated heterocycles. The molecule has 10 heteroatoms. The van der Waals surface area contributed by atoms with E-state index < -0.39 is 15.9 Å². The van der Waals surface area contributed by atoms with Crippen LogP contribution in [0.1, 0.15) is 29.4 Å². The Morgan fingerprint density at radius 1 is 1.09 bits per heavy atom. The topological polar surface area (TPSA) is 83.8 Å². The van der Waals surface area contributed by atoms with Gasteiger partial charge in [0.2, 0.25) is 10.0 Å². The molecule has 7 nitrogen and oxygen atoms in total. The molecule has 0 spiro atoms. The van der Waals surface area contributed by atoms with E-state index in [1.807, 2.05) is 49.6 Å². The molecule has 2 aromatic carbocycles. The number of nitrogens with zero attached hydrogens (tertiary/aromatic N) is 3. The fourth-order valence-electron chi connectivity index (χ4n) is 3.58. The summed E-state index contributed by atoms with van der Waals surface area (Å²) in [6, 6.07) is 14.4. The Hall–Kier alpha value is -2.81. The Morgan fingerprint density at radius 2 is 1.76 bits per heavy atom. The molecule has 180 valence electrons. The number of aryl methyl sites for hydroxylation is 2. The smallest absolute Gasteiger partial charge is 0.260 e. The van der Waals surface area contributed by atoms with Gasteiger partial charge < -0.3 is 4.57 Å². The molecular formula is C24H26Cl2N4O3S. The molecule has 1 N–H and O–H groups in total. The van der Waals surface area contributed by atoms with Crippen molar-refractivity contribution in [3.05, 3.63) is 81.1 Å². The molecule has 3 rings (SSSR count). The molecule has 1 amide bonds. The number of sulfonamides is 1. The maximum absolute atomic E-state index is 12.5. The molecule has 34 heavy (non-hydrogen) atoms. The summed E-state index contributed by atoms with van der Waals surface area (Å²) in [5.74, 6) is -0.556. The van der Waals surface area contributed by atoms with Crippen molar-refractivity contribution in [2.75, 3.05) is 17.1 Å². The minimum atomic E-state index is -3.66. The van der Waals surface area contributed by atoms with Crippen LogP contribution < -0.4 is 9.73 Å². The molecule has 0 fully saturated rings. The van der Waals surface area contributed by atoms with Gasteiger partial charge in [0.25, 0.3) is 5.91 Å². The zero-order valence-electron chi connectivity index (χ0n) is 19.3. The highest BCUT2D eigenvalue weighted by atomic mass is 35.5. The van der Waals surface area contributed by atoms with Crippen LogP contribution in [0.2, 0.25) is 10.0 Å². The summed E-state index contributed by atoms with van der Waals surface area (Å²) in [7, 11) is -3.66. The van der Waals surface area contributed by atoms with Gasteiger partial charge in [-0.3, -0.25) is 9.10 Å². The van der Waals surface area contributed by atoms with E-state index >= 15 is 0 Å². The molecule has 0 atom stereocenters. The fourth-order valence-corrected chi connectivity index (χ4v) is 4.73. The van der Waals surface area contributed by atoms with Crippen LogP contribution in [0.25, 0.3) is 5.69 Å². The van der Waals surface area contributed by atoms with Gasteiger partial charge in [-0.1, -0.05) is 42.3 Å². The van der Waals surface area contributed by atoms with Crippen molar-refractivity contribution < 1.29 is 13.2 Å². The number of hydrogen-bond acceptors (Lipinski definition) is 4. The number of hydrazone groups is 1. The molecule has 0 aliphatic carbocycles. The Labute approximate surface area is 210 Å². The molecule has 0 radical (unpaired) electrons. The van der Waals surface area contributed by atoms with Gasteiger partial charge in [-0.2, -0.15) is 5.10 Å². The molecule has 1 heterocycles. The molecule has 0 aliphatic heterocycles. The van der Waals surface area contributed by atoms with Crippen LogP contribution >= 0.6 is 23.2 Å². The van der Waals surface area contributed by atoms with Crippen LogP contribution in [0, 0.1) is 13.8 Å². The number of amides is 1. The van der Waals surface area contributed by atoms with E-state index in [1.54, 1.807) is 24.3 Å². The van der Waals surface area contributed by atoms with Gasteiger partial charge in [-0.05, 0) is 62.2 Å². The standard InChI is InChI=1S/C24H26Cl2N4O3S/c1-5-18-6-8-20(9-7-18)29(34(4,32)33)15-24(31)28-27-14-19-12-16(2)30(17(19)3)21-10-11-22(25)23(26)13-21/h6-14H,5,15H2,1-4H3,(H,28,31)/b27-14-. The first-order valence-electron chi connectivity index (χ1n) is 10.5. The third kappa shape index (κ3) is 6.00. The van der Waals surface area contributed by atoms with Gasteiger partial charge in [-0.15, -0.1) is 0 Å². The number of halogens is 2. The van der Waals surface area contributed by atoms with E-state index in [0.29, 0.717) is 15.7 Å². The molecule has 0 bridgehead atoms. The van der Waals surface area contributed by atoms with Crippen molar-refractivity contribution in [1.82, 2.24) is 9.99 Å². The molecule has 1 aromatic heterocycles. The first-order valence-corrected chi connectivity index (χ1v) is 13.1. The number of rotatable bonds is 8. The largest absolute Gasteiger partial charge is 0.318 e. The lowest BCUT2D eigenvalue weighted by Crippen LogP contribution is -2.39. The molecule has 0 aliphatic rings. The van der Waals surface area contributed by atoms with Crippen molar-refractivity contribution in [2.45, 2.75) is 27.2 Å². The van der Waals surface area contributed by atoms with Crippen molar-refractivity contribution in [3.8, 4) is 5.69 Å². The van der Waals surface area contributed by atoms with Crippen molar-refractivity contribution in [2.24, 2.45) is 5.10 Å². The monoisotopic (exact) mass is 520 g/mol. The molecular weight excluding hydrogens is 495 g/mol. The minimum Gasteiger partial charge on any atom is -0.318 e. The molecule has 0 saturated carbocycles. The van der Waals surface area contributed by atoms with Gasteiger partial charge in [-0.25, -0.2) is 13.8 Å². The first-order chi connectivity index (χ1) is 16.0. The zero-order valence-corrected chi connectivity index (χ0v) is 21.7. The lowest BCUT2D eigenvalue weighted by Gasteiger charge is -2.21. The average molecular weight is 521 g/mol. The van der Waals surface area contributed by atoms with Crippen LogP contribution in [0.3, 0.4) is 0 Å². The highest BCUT2D eigenvalue weighted by Crippen LogP contribution is 2.27. The second-order valence-corrected chi connectivity index (χ2v) is 10.6. The summed E-state index contributed by atoms with van der Waals surface area (Å²) in [6.07, 6.45) is 3.42. The fraction of sp³-hybridized carbons (Fsp3) is 0.250. The summed E-state index contributed by atoms with van der Waals surface area (Å²) < 4.78 is 27.6. The summed E-state index contributed by atoms with van der Waals surface area (Å²) in [6.45, 7) is 5.49. The van der Waals surface area contributed by atoms with Crippen LogP contribution in [0.5, 0.6) is 0 Å². The van der Waals surface area contributed by atoms with Gasteiger partial charge in [0, 0.05) is 22.6 Å². The van der Waals surface area contributed by atoms with Crippen molar-refractivity contribution in [1.29, 1.82) is 0 Å². The predicted octanol–water partition coefficient (Wildman–Crippen LogP) is 4.88. The highest BCUT2D eigenvalue weighted by molar-refractivity contribution is 7.92. The summed E-state index contributed by atoms with van der Waals surface area (Å²) >= 11 is 12.2. The predicted molar refractivity (Wildman–Crippen MR) is 139 cm³/mol. The van der Waals surface area contributed by atoms with Gasteiger partial charge >= 0.3 is 0 Å². The molecule has 3 aromatic rings.